The van der Waals surface area contributed by atoms with E-state index in [-0.39, 0.29) is 0 Å². The van der Waals surface area contributed by atoms with E-state index in [2.05, 4.69) is 57.3 Å². The van der Waals surface area contributed by atoms with Crippen LogP contribution in [-0.4, -0.2) is 9.97 Å². The van der Waals surface area contributed by atoms with Crippen LogP contribution in [0.5, 0.6) is 0 Å². The lowest BCUT2D eigenvalue weighted by Crippen LogP contribution is -1.89. The van der Waals surface area contributed by atoms with Crippen molar-refractivity contribution >= 4 is 22.7 Å². The number of aromatic nitrogens is 2. The maximum Gasteiger partial charge on any atom is 0.0898 e. The normalized spacial score (nSPS) is 9.19. The molecule has 0 saturated heterocycles. The van der Waals surface area contributed by atoms with E-state index in [0.29, 0.717) is 0 Å². The molecule has 0 aliphatic heterocycles. The minimum atomic E-state index is 0.765. The number of nitrogens with zero attached hydrogens (tertiary/aromatic N) is 2. The third-order valence-electron chi connectivity index (χ3n) is 4.15. The molecule has 4 heteroatoms. The van der Waals surface area contributed by atoms with Crippen molar-refractivity contribution in [2.24, 2.45) is 0 Å². The van der Waals surface area contributed by atoms with Gasteiger partial charge in [-0.15, -0.1) is 34.5 Å². The van der Waals surface area contributed by atoms with Crippen LogP contribution < -0.4 is 0 Å². The van der Waals surface area contributed by atoms with E-state index in [1.54, 1.807) is 35.1 Å². The minimum absolute atomic E-state index is 0.765. The average Bonchev–Trinajstić information content (AvgIpc) is 3.47. The summed E-state index contributed by atoms with van der Waals surface area (Å²) in [6.45, 7) is 3.66. The number of thiophene rings is 2. The van der Waals surface area contributed by atoms with Gasteiger partial charge in [-0.2, -0.15) is 0 Å². The molecule has 0 atom stereocenters. The molecule has 0 radical (unpaired) electrons. The lowest BCUT2D eigenvalue weighted by atomic mass is 10.1. The van der Waals surface area contributed by atoms with Crippen LogP contribution in [0.25, 0.3) is 11.4 Å². The van der Waals surface area contributed by atoms with Gasteiger partial charge in [0.2, 0.25) is 0 Å². The van der Waals surface area contributed by atoms with Crippen molar-refractivity contribution in [2.75, 3.05) is 0 Å². The van der Waals surface area contributed by atoms with E-state index >= 15 is 0 Å². The van der Waals surface area contributed by atoms with Gasteiger partial charge in [-0.05, 0) is 62.4 Å². The second-order valence-electron chi connectivity index (χ2n) is 6.44. The molecule has 4 aromatic heterocycles. The van der Waals surface area contributed by atoms with Crippen LogP contribution in [0.1, 0.15) is 44.5 Å². The highest BCUT2D eigenvalue weighted by molar-refractivity contribution is 7.13. The monoisotopic (exact) mass is 444 g/mol. The molecule has 0 N–H and O–H groups in total. The summed E-state index contributed by atoms with van der Waals surface area (Å²) >= 11 is 3.18. The zero-order valence-electron chi connectivity index (χ0n) is 17.5. The van der Waals surface area contributed by atoms with Crippen molar-refractivity contribution in [3.63, 3.8) is 0 Å². The fourth-order valence-corrected chi connectivity index (χ4v) is 4.28. The first-order valence-electron chi connectivity index (χ1n) is 9.75. The van der Waals surface area contributed by atoms with Gasteiger partial charge in [-0.1, -0.05) is 35.5 Å². The second-order valence-corrected chi connectivity index (χ2v) is 8.60. The van der Waals surface area contributed by atoms with E-state index in [1.165, 1.54) is 0 Å². The Morgan fingerprint density at radius 2 is 0.938 bits per heavy atom. The van der Waals surface area contributed by atoms with E-state index in [0.717, 1.165) is 42.0 Å². The van der Waals surface area contributed by atoms with Crippen LogP contribution in [0, 0.1) is 47.4 Å². The highest BCUT2D eigenvalue weighted by atomic mass is 32.1. The van der Waals surface area contributed by atoms with Crippen LogP contribution in [0.3, 0.4) is 0 Å². The topological polar surface area (TPSA) is 25.8 Å². The zero-order chi connectivity index (χ0) is 22.2. The predicted octanol–water partition coefficient (Wildman–Crippen LogP) is 5.81. The molecule has 150 valence electrons. The fraction of sp³-hybridized carbons (Fsp3) is 0.0714. The van der Waals surface area contributed by atoms with Gasteiger partial charge in [0.05, 0.1) is 30.9 Å². The van der Waals surface area contributed by atoms with Crippen molar-refractivity contribution < 1.29 is 0 Å². The van der Waals surface area contributed by atoms with Crippen LogP contribution >= 0.6 is 22.7 Å². The molecule has 0 bridgehead atoms. The quantitative estimate of drug-likeness (QED) is 0.346. The summed E-state index contributed by atoms with van der Waals surface area (Å²) in [6.07, 6.45) is 3.51. The van der Waals surface area contributed by atoms with Crippen molar-refractivity contribution in [1.29, 1.82) is 0 Å². The fourth-order valence-electron chi connectivity index (χ4n) is 2.76. The summed E-state index contributed by atoms with van der Waals surface area (Å²) < 4.78 is 0. The molecule has 4 rings (SSSR count). The smallest absolute Gasteiger partial charge is 0.0898 e. The molecule has 0 aliphatic carbocycles. The highest BCUT2D eigenvalue weighted by Gasteiger charge is 2.03. The van der Waals surface area contributed by atoms with Gasteiger partial charge in [-0.3, -0.25) is 9.97 Å². The summed E-state index contributed by atoms with van der Waals surface area (Å²) in [7, 11) is 0. The van der Waals surface area contributed by atoms with Gasteiger partial charge >= 0.3 is 0 Å². The van der Waals surface area contributed by atoms with Crippen molar-refractivity contribution in [2.45, 2.75) is 13.8 Å². The predicted molar refractivity (Wildman–Crippen MR) is 133 cm³/mol. The number of hydrogen-bond acceptors (Lipinski definition) is 4. The lowest BCUT2D eigenvalue weighted by molar-refractivity contribution is 1.24. The maximum atomic E-state index is 4.47. The molecular weight excluding hydrogens is 428 g/mol. The summed E-state index contributed by atoms with van der Waals surface area (Å²) in [6, 6.07) is 15.7. The first kappa shape index (κ1) is 21.2. The summed E-state index contributed by atoms with van der Waals surface area (Å²) in [5.41, 5.74) is 3.29. The van der Waals surface area contributed by atoms with Gasteiger partial charge in [0.15, 0.2) is 0 Å². The van der Waals surface area contributed by atoms with E-state index in [1.807, 2.05) is 62.4 Å². The van der Waals surface area contributed by atoms with Gasteiger partial charge in [-0.25, -0.2) is 0 Å². The van der Waals surface area contributed by atoms with Crippen LogP contribution in [0.15, 0.2) is 60.9 Å². The van der Waals surface area contributed by atoms with E-state index in [9.17, 15) is 0 Å². The molecule has 0 amide bonds. The molecule has 0 spiro atoms. The van der Waals surface area contributed by atoms with Crippen molar-refractivity contribution in [1.82, 2.24) is 9.97 Å². The standard InChI is InChI=1S/C28H16N2S2/c1-3-5-23-11-13-25(31-23)9-7-21-15-17-29-27(19-21)28-20-22(16-18-30-28)8-10-26-14-12-24(32-26)6-4-2/h11-20H,1-2H3. The largest absolute Gasteiger partial charge is 0.255 e. The van der Waals surface area contributed by atoms with Crippen LogP contribution in [-0.2, 0) is 0 Å². The Kier molecular flexibility index (Phi) is 6.82. The first-order chi connectivity index (χ1) is 15.7. The zero-order valence-corrected chi connectivity index (χ0v) is 19.1. The Hall–Kier alpha value is -4.06. The molecule has 0 aromatic carbocycles. The Labute approximate surface area is 196 Å². The van der Waals surface area contributed by atoms with Crippen LogP contribution in [0.2, 0.25) is 0 Å². The molecule has 2 nitrogen and oxygen atoms in total. The van der Waals surface area contributed by atoms with Crippen LogP contribution in [0.4, 0.5) is 0 Å². The Balaban J connectivity index is 1.55. The summed E-state index contributed by atoms with van der Waals surface area (Å²) in [5.74, 6) is 24.7. The Morgan fingerprint density at radius 3 is 1.34 bits per heavy atom. The van der Waals surface area contributed by atoms with Crippen molar-refractivity contribution in [3.8, 4) is 58.8 Å². The number of pyridine rings is 2. The van der Waals surface area contributed by atoms with E-state index < -0.39 is 0 Å². The molecule has 4 aromatic rings. The van der Waals surface area contributed by atoms with Gasteiger partial charge < -0.3 is 0 Å². The molecular formula is C28H16N2S2. The summed E-state index contributed by atoms with van der Waals surface area (Å²) in [5, 5.41) is 0. The number of rotatable bonds is 1. The maximum absolute atomic E-state index is 4.47. The highest BCUT2D eigenvalue weighted by Crippen LogP contribution is 2.18. The molecule has 0 aliphatic rings. The number of hydrogen-bond donors (Lipinski definition) is 0. The van der Waals surface area contributed by atoms with Crippen molar-refractivity contribution in [3.05, 3.63) is 91.6 Å². The summed E-state index contributed by atoms with van der Waals surface area (Å²) in [4.78, 5) is 12.9. The Morgan fingerprint density at radius 1 is 0.531 bits per heavy atom. The molecule has 0 unspecified atom stereocenters. The SMILES string of the molecule is CC#Cc1ccc(C#Cc2ccnc(-c3cc(C#Cc4ccc(C#CC)s4)ccn3)c2)s1. The molecule has 32 heavy (non-hydrogen) atoms. The third kappa shape index (κ3) is 5.55. The van der Waals surface area contributed by atoms with Gasteiger partial charge in [0.1, 0.15) is 0 Å². The van der Waals surface area contributed by atoms with Gasteiger partial charge in [0, 0.05) is 23.5 Å². The molecule has 4 heterocycles. The first-order valence-corrected chi connectivity index (χ1v) is 11.4. The molecule has 0 saturated carbocycles. The Bertz CT molecular complexity index is 1410. The van der Waals surface area contributed by atoms with Gasteiger partial charge in [0.25, 0.3) is 0 Å². The third-order valence-corrected chi connectivity index (χ3v) is 5.98. The van der Waals surface area contributed by atoms with E-state index in [4.69, 9.17) is 0 Å². The second kappa shape index (κ2) is 10.3. The average molecular weight is 445 g/mol. The molecule has 0 fully saturated rings. The lowest BCUT2D eigenvalue weighted by Gasteiger charge is -2.01. The minimum Gasteiger partial charge on any atom is -0.255 e.